The highest BCUT2D eigenvalue weighted by atomic mass is 16.7. The highest BCUT2D eigenvalue weighted by Crippen LogP contribution is 2.37. The molecule has 3 aliphatic rings. The zero-order chi connectivity index (χ0) is 41.9. The topological polar surface area (TPSA) is 206 Å². The Morgan fingerprint density at radius 3 is 2.30 bits per heavy atom. The van der Waals surface area contributed by atoms with Crippen molar-refractivity contribution in [2.45, 2.75) is 172 Å². The van der Waals surface area contributed by atoms with Gasteiger partial charge >= 0.3 is 17.9 Å². The van der Waals surface area contributed by atoms with Crippen LogP contribution in [0.25, 0.3) is 0 Å². The Kier molecular flexibility index (Phi) is 18.5. The van der Waals surface area contributed by atoms with Crippen LogP contribution >= 0.6 is 0 Å². The zero-order valence-electron chi connectivity index (χ0n) is 34.5. The van der Waals surface area contributed by atoms with Gasteiger partial charge in [0, 0.05) is 39.7 Å². The number of ether oxygens (including phenoxy) is 8. The second-order valence-electron chi connectivity index (χ2n) is 15.7. The number of carbonyl (C=O) groups excluding carboxylic acids is 4. The van der Waals surface area contributed by atoms with Crippen molar-refractivity contribution in [3.63, 3.8) is 0 Å². The van der Waals surface area contributed by atoms with Crippen molar-refractivity contribution in [2.75, 3.05) is 21.2 Å². The Morgan fingerprint density at radius 1 is 1.02 bits per heavy atom. The molecule has 0 aliphatic carbocycles. The van der Waals surface area contributed by atoms with Gasteiger partial charge in [0.15, 0.2) is 18.7 Å². The number of hydrogen-bond acceptors (Lipinski definition) is 16. The maximum absolute atomic E-state index is 13.2. The molecule has 2 saturated heterocycles. The van der Waals surface area contributed by atoms with Crippen LogP contribution < -0.4 is 0 Å². The minimum Gasteiger partial charge on any atom is -0.462 e. The van der Waals surface area contributed by atoms with E-state index in [0.29, 0.717) is 12.7 Å². The number of allylic oxidation sites excluding steroid dienone is 2. The van der Waals surface area contributed by atoms with Crippen molar-refractivity contribution in [1.29, 1.82) is 0 Å². The van der Waals surface area contributed by atoms with Gasteiger partial charge < -0.3 is 62.9 Å². The number of likely N-dealkylation sites (N-methyl/N-ethyl adjacent to an activating group) is 1. The number of rotatable bonds is 11. The number of cyclic esters (lactones) is 1. The molecule has 2 fully saturated rings. The van der Waals surface area contributed by atoms with Crippen LogP contribution in [0.5, 0.6) is 0 Å². The quantitative estimate of drug-likeness (QED) is 0.156. The van der Waals surface area contributed by atoms with Crippen LogP contribution in [0.2, 0.25) is 0 Å². The summed E-state index contributed by atoms with van der Waals surface area (Å²) in [6.45, 7) is 11.3. The van der Waals surface area contributed by atoms with Crippen LogP contribution in [-0.2, 0) is 57.1 Å². The minimum atomic E-state index is -1.49. The molecule has 16 heteroatoms. The molecule has 0 spiro atoms. The Bertz CT molecular complexity index is 1340. The van der Waals surface area contributed by atoms with E-state index >= 15 is 0 Å². The summed E-state index contributed by atoms with van der Waals surface area (Å²) < 4.78 is 48.2. The summed E-state index contributed by atoms with van der Waals surface area (Å²) in [7, 11) is 4.85. The lowest BCUT2D eigenvalue weighted by atomic mass is 9.82. The van der Waals surface area contributed by atoms with E-state index in [4.69, 9.17) is 37.9 Å². The molecular weight excluding hydrogens is 734 g/mol. The normalized spacial score (nSPS) is 41.6. The number of nitrogens with zero attached hydrogens (tertiary/aromatic N) is 1. The number of methoxy groups -OCH3 is 1. The summed E-state index contributed by atoms with van der Waals surface area (Å²) in [6.07, 6.45) is -4.12. The van der Waals surface area contributed by atoms with E-state index in [0.717, 1.165) is 0 Å². The Labute approximate surface area is 330 Å². The maximum atomic E-state index is 13.2. The number of aldehydes is 1. The van der Waals surface area contributed by atoms with Gasteiger partial charge in [-0.05, 0) is 60.0 Å². The van der Waals surface area contributed by atoms with Gasteiger partial charge in [0.25, 0.3) is 0 Å². The zero-order valence-corrected chi connectivity index (χ0v) is 34.5. The van der Waals surface area contributed by atoms with Gasteiger partial charge in [-0.2, -0.15) is 0 Å². The van der Waals surface area contributed by atoms with Gasteiger partial charge in [0.2, 0.25) is 0 Å². The molecule has 16 nitrogen and oxygen atoms in total. The van der Waals surface area contributed by atoms with E-state index in [1.165, 1.54) is 14.0 Å². The molecule has 3 aliphatic heterocycles. The summed E-state index contributed by atoms with van der Waals surface area (Å²) in [6, 6.07) is -0.778. The van der Waals surface area contributed by atoms with E-state index in [9.17, 15) is 34.5 Å². The predicted octanol–water partition coefficient (Wildman–Crippen LogP) is 2.38. The molecular formula is C40H65NO15. The number of aliphatic hydroxyl groups excluding tert-OH is 2. The summed E-state index contributed by atoms with van der Waals surface area (Å²) >= 11 is 0. The molecule has 3 heterocycles. The second-order valence-corrected chi connectivity index (χ2v) is 15.7. The summed E-state index contributed by atoms with van der Waals surface area (Å²) in [4.78, 5) is 51.7. The fourth-order valence-corrected chi connectivity index (χ4v) is 7.78. The molecule has 0 radical (unpaired) electrons. The van der Waals surface area contributed by atoms with Crippen molar-refractivity contribution in [3.8, 4) is 0 Å². The molecule has 0 amide bonds. The van der Waals surface area contributed by atoms with E-state index in [2.05, 4.69) is 0 Å². The van der Waals surface area contributed by atoms with Crippen molar-refractivity contribution in [3.05, 3.63) is 24.3 Å². The SMILES string of the molecule is CCC(=O)O[C@H]1[C@H](C)O[C@@H](O[C@H]2[C@H](N(C)C)[C@@H](O)[C@H](O[C@H]3[C@@H](CC=O)C[C@@H](C)[C@@H](O)/C=C/C=C/C[C@@H](C)OC(=O)C[C@@H](OC(C)=O)[C@@H]3OC)O[C@@H]2C)C[C@@]1(C)O. The average molecular weight is 800 g/mol. The molecule has 16 atom stereocenters. The standard InChI is InChI=1S/C40H65NO15/c1-11-30(45)54-38-25(5)51-32(21-40(38,7)48)55-35-24(4)52-39(34(47)33(35)41(8)9)56-36-27(17-18-42)19-22(2)28(44)16-14-12-13-15-23(3)50-31(46)20-29(37(36)49-10)53-26(6)43/h12-14,16,18,22-25,27-29,32-39,44,47-48H,11,15,17,19-21H2,1-10H3/b13-12+,16-14+/t22-,23-,24-,25+,27+,28+,29-,32+,33-,34-,35-,36+,37+,38+,39+,40-/m1/s1. The smallest absolute Gasteiger partial charge is 0.309 e. The number of esters is 3. The Balaban J connectivity index is 2.00. The molecule has 0 bridgehead atoms. The molecule has 0 aromatic carbocycles. The fraction of sp³-hybridized carbons (Fsp3) is 0.800. The van der Waals surface area contributed by atoms with Gasteiger partial charge in [-0.25, -0.2) is 0 Å². The molecule has 0 aromatic rings. The van der Waals surface area contributed by atoms with Gasteiger partial charge in [-0.3, -0.25) is 14.4 Å². The van der Waals surface area contributed by atoms with Gasteiger partial charge in [0.05, 0.1) is 36.9 Å². The third kappa shape index (κ3) is 13.1. The lowest BCUT2D eigenvalue weighted by Crippen LogP contribution is -2.66. The molecule has 0 saturated carbocycles. The number of carbonyl (C=O) groups is 4. The first-order valence-corrected chi connectivity index (χ1v) is 19.6. The molecule has 56 heavy (non-hydrogen) atoms. The van der Waals surface area contributed by atoms with E-state index < -0.39 is 121 Å². The van der Waals surface area contributed by atoms with Crippen molar-refractivity contribution < 1.29 is 72.4 Å². The molecule has 320 valence electrons. The highest BCUT2D eigenvalue weighted by molar-refractivity contribution is 5.72. The minimum absolute atomic E-state index is 0.0440. The van der Waals surface area contributed by atoms with E-state index in [1.807, 2.05) is 6.92 Å². The van der Waals surface area contributed by atoms with Crippen LogP contribution in [0, 0.1) is 11.8 Å². The van der Waals surface area contributed by atoms with Crippen molar-refractivity contribution in [1.82, 2.24) is 4.90 Å². The summed E-state index contributed by atoms with van der Waals surface area (Å²) in [5.41, 5.74) is -1.49. The van der Waals surface area contributed by atoms with Crippen LogP contribution in [0.3, 0.4) is 0 Å². The van der Waals surface area contributed by atoms with Crippen LogP contribution in [0.1, 0.15) is 87.0 Å². The van der Waals surface area contributed by atoms with Gasteiger partial charge in [0.1, 0.15) is 42.4 Å². The Morgan fingerprint density at radius 2 is 1.71 bits per heavy atom. The van der Waals surface area contributed by atoms with E-state index in [1.54, 1.807) is 77.9 Å². The highest BCUT2D eigenvalue weighted by Gasteiger charge is 2.53. The monoisotopic (exact) mass is 799 g/mol. The molecule has 0 aromatic heterocycles. The van der Waals surface area contributed by atoms with Crippen LogP contribution in [-0.4, -0.2) is 151 Å². The van der Waals surface area contributed by atoms with Crippen LogP contribution in [0.4, 0.5) is 0 Å². The summed E-state index contributed by atoms with van der Waals surface area (Å²) in [5, 5.41) is 34.4. The molecule has 3 N–H and O–H groups in total. The number of hydrogen-bond donors (Lipinski definition) is 3. The van der Waals surface area contributed by atoms with E-state index in [-0.39, 0.29) is 25.7 Å². The largest absolute Gasteiger partial charge is 0.462 e. The summed E-state index contributed by atoms with van der Waals surface area (Å²) in [5.74, 6) is -2.92. The first-order chi connectivity index (χ1) is 26.3. The predicted molar refractivity (Wildman–Crippen MR) is 201 cm³/mol. The van der Waals surface area contributed by atoms with Crippen molar-refractivity contribution >= 4 is 24.2 Å². The fourth-order valence-electron chi connectivity index (χ4n) is 7.78. The Hall–Kier alpha value is -2.80. The average Bonchev–Trinajstić information content (AvgIpc) is 3.09. The first-order valence-electron chi connectivity index (χ1n) is 19.6. The number of aliphatic hydroxyl groups is 3. The van der Waals surface area contributed by atoms with Gasteiger partial charge in [-0.1, -0.05) is 38.2 Å². The lowest BCUT2D eigenvalue weighted by Gasteiger charge is -2.50. The lowest BCUT2D eigenvalue weighted by molar-refractivity contribution is -0.344. The third-order valence-electron chi connectivity index (χ3n) is 10.6. The third-order valence-corrected chi connectivity index (χ3v) is 10.6. The molecule has 0 unspecified atom stereocenters. The maximum Gasteiger partial charge on any atom is 0.309 e. The van der Waals surface area contributed by atoms with Gasteiger partial charge in [-0.15, -0.1) is 0 Å². The second kappa shape index (κ2) is 21.8. The first kappa shape index (κ1) is 47.6. The molecule has 3 rings (SSSR count). The van der Waals surface area contributed by atoms with Crippen LogP contribution in [0.15, 0.2) is 24.3 Å². The van der Waals surface area contributed by atoms with Crippen molar-refractivity contribution in [2.24, 2.45) is 11.8 Å².